The zero-order valence-corrected chi connectivity index (χ0v) is 13.8. The van der Waals surface area contributed by atoms with Crippen LogP contribution in [-0.2, 0) is 25.5 Å². The van der Waals surface area contributed by atoms with Gasteiger partial charge in [0.15, 0.2) is 0 Å². The average Bonchev–Trinajstić information content (AvgIpc) is 2.93. The first-order valence-corrected chi connectivity index (χ1v) is 8.61. The Bertz CT molecular complexity index is 564. The first-order valence-electron chi connectivity index (χ1n) is 7.45. The fraction of sp³-hybridized carbons (Fsp3) is 0.438. The van der Waals surface area contributed by atoms with Crippen LogP contribution >= 0.6 is 11.8 Å². The van der Waals surface area contributed by atoms with Gasteiger partial charge in [0.2, 0.25) is 11.8 Å². The van der Waals surface area contributed by atoms with Crippen LogP contribution < -0.4 is 5.32 Å². The normalized spacial score (nSPS) is 15.3. The van der Waals surface area contributed by atoms with Crippen molar-refractivity contribution in [3.8, 4) is 0 Å². The summed E-state index contributed by atoms with van der Waals surface area (Å²) in [6.07, 6.45) is 0.355. The van der Waals surface area contributed by atoms with Crippen LogP contribution in [0.1, 0.15) is 12.5 Å². The predicted octanol–water partition coefficient (Wildman–Crippen LogP) is 0.810. The molecule has 1 heterocycles. The molecule has 6 nitrogen and oxygen atoms in total. The summed E-state index contributed by atoms with van der Waals surface area (Å²) in [4.78, 5) is 37.2. The molecule has 0 aliphatic carbocycles. The second-order valence-corrected chi connectivity index (χ2v) is 6.09. The van der Waals surface area contributed by atoms with Gasteiger partial charge in [0.1, 0.15) is 12.6 Å². The number of carbonyl (C=O) groups excluding carboxylic acids is 3. The van der Waals surface area contributed by atoms with Gasteiger partial charge in [0.05, 0.1) is 18.2 Å². The highest BCUT2D eigenvalue weighted by Crippen LogP contribution is 2.14. The number of ether oxygens (including phenoxy) is 1. The molecule has 1 aromatic carbocycles. The van der Waals surface area contributed by atoms with Crippen molar-refractivity contribution in [2.75, 3.05) is 24.8 Å². The van der Waals surface area contributed by atoms with Crippen LogP contribution in [0.5, 0.6) is 0 Å². The van der Waals surface area contributed by atoms with E-state index in [1.807, 2.05) is 30.3 Å². The van der Waals surface area contributed by atoms with Crippen LogP contribution in [-0.4, -0.2) is 53.5 Å². The Kier molecular flexibility index (Phi) is 6.46. The smallest absolute Gasteiger partial charge is 0.328 e. The standard InChI is InChI=1S/C16H20N2O4S/c1-2-22-16(21)13(8-12-6-4-3-5-7-12)17-14(19)9-18-11-23-10-15(18)20/h3-7,13H,2,8-11H2,1H3,(H,17,19)/t13-/m0/s1. The van der Waals surface area contributed by atoms with Gasteiger partial charge >= 0.3 is 5.97 Å². The van der Waals surface area contributed by atoms with Crippen LogP contribution in [0, 0.1) is 0 Å². The minimum absolute atomic E-state index is 0.0312. The van der Waals surface area contributed by atoms with Crippen LogP contribution in [0.15, 0.2) is 30.3 Å². The van der Waals surface area contributed by atoms with Crippen LogP contribution in [0.25, 0.3) is 0 Å². The van der Waals surface area contributed by atoms with Crippen molar-refractivity contribution in [2.45, 2.75) is 19.4 Å². The summed E-state index contributed by atoms with van der Waals surface area (Å²) in [5.74, 6) is 0.0377. The van der Waals surface area contributed by atoms with E-state index in [2.05, 4.69) is 5.32 Å². The predicted molar refractivity (Wildman–Crippen MR) is 87.7 cm³/mol. The number of benzene rings is 1. The SMILES string of the molecule is CCOC(=O)[C@H](Cc1ccccc1)NC(=O)CN1CSCC1=O. The van der Waals surface area contributed by atoms with E-state index in [1.54, 1.807) is 6.92 Å². The first kappa shape index (κ1) is 17.3. The van der Waals surface area contributed by atoms with Crippen molar-refractivity contribution >= 4 is 29.5 Å². The van der Waals surface area contributed by atoms with Crippen LogP contribution in [0.4, 0.5) is 0 Å². The average molecular weight is 336 g/mol. The van der Waals surface area contributed by atoms with Crippen molar-refractivity contribution in [1.29, 1.82) is 0 Å². The van der Waals surface area contributed by atoms with Crippen molar-refractivity contribution in [1.82, 2.24) is 10.2 Å². The van der Waals surface area contributed by atoms with Crippen molar-refractivity contribution in [3.05, 3.63) is 35.9 Å². The Labute approximate surface area is 139 Å². The van der Waals surface area contributed by atoms with E-state index in [4.69, 9.17) is 4.74 Å². The maximum Gasteiger partial charge on any atom is 0.328 e. The Hall–Kier alpha value is -2.02. The molecule has 1 aliphatic heterocycles. The summed E-state index contributed by atoms with van der Waals surface area (Å²) in [6, 6.07) is 8.66. The zero-order valence-electron chi connectivity index (χ0n) is 13.0. The third kappa shape index (κ3) is 5.28. The lowest BCUT2D eigenvalue weighted by Gasteiger charge is -2.20. The molecule has 1 aliphatic rings. The fourth-order valence-electron chi connectivity index (χ4n) is 2.24. The van der Waals surface area contributed by atoms with Crippen molar-refractivity contribution in [2.24, 2.45) is 0 Å². The molecule has 1 N–H and O–H groups in total. The molecule has 0 radical (unpaired) electrons. The topological polar surface area (TPSA) is 75.7 Å². The van der Waals surface area contributed by atoms with Gasteiger partial charge in [-0.3, -0.25) is 9.59 Å². The van der Waals surface area contributed by atoms with Gasteiger partial charge in [-0.1, -0.05) is 30.3 Å². The lowest BCUT2D eigenvalue weighted by atomic mass is 10.1. The molecule has 0 bridgehead atoms. The molecule has 2 amide bonds. The molecule has 7 heteroatoms. The quantitative estimate of drug-likeness (QED) is 0.746. The molecule has 124 valence electrons. The van der Waals surface area contributed by atoms with Gasteiger partial charge in [0.25, 0.3) is 0 Å². The van der Waals surface area contributed by atoms with Crippen molar-refractivity contribution < 1.29 is 19.1 Å². The first-order chi connectivity index (χ1) is 11.1. The number of rotatable bonds is 7. The molecule has 23 heavy (non-hydrogen) atoms. The second-order valence-electron chi connectivity index (χ2n) is 5.13. The third-order valence-electron chi connectivity index (χ3n) is 3.35. The monoisotopic (exact) mass is 336 g/mol. The Morgan fingerprint density at radius 3 is 2.70 bits per heavy atom. The van der Waals surface area contributed by atoms with Gasteiger partial charge in [0, 0.05) is 6.42 Å². The van der Waals surface area contributed by atoms with E-state index in [-0.39, 0.29) is 25.0 Å². The van der Waals surface area contributed by atoms with E-state index in [9.17, 15) is 14.4 Å². The Morgan fingerprint density at radius 1 is 1.35 bits per heavy atom. The van der Waals surface area contributed by atoms with Gasteiger partial charge in [-0.25, -0.2) is 4.79 Å². The molecule has 1 saturated heterocycles. The second kappa shape index (κ2) is 8.57. The number of carbonyl (C=O) groups is 3. The number of esters is 1. The number of nitrogens with one attached hydrogen (secondary N) is 1. The summed E-state index contributed by atoms with van der Waals surface area (Å²) in [7, 11) is 0. The van der Waals surface area contributed by atoms with E-state index in [0.717, 1.165) is 5.56 Å². The van der Waals surface area contributed by atoms with E-state index in [1.165, 1.54) is 16.7 Å². The highest BCUT2D eigenvalue weighted by Gasteiger charge is 2.26. The number of hydrogen-bond acceptors (Lipinski definition) is 5. The molecule has 1 fully saturated rings. The lowest BCUT2D eigenvalue weighted by molar-refractivity contribution is -0.147. The van der Waals surface area contributed by atoms with Gasteiger partial charge in [-0.2, -0.15) is 0 Å². The maximum absolute atomic E-state index is 12.1. The fourth-order valence-corrected chi connectivity index (χ4v) is 3.14. The number of hydrogen-bond donors (Lipinski definition) is 1. The molecule has 1 aromatic rings. The Balaban J connectivity index is 1.97. The number of nitrogens with zero attached hydrogens (tertiary/aromatic N) is 1. The number of thioether (sulfide) groups is 1. The van der Waals surface area contributed by atoms with Crippen LogP contribution in [0.2, 0.25) is 0 Å². The molecule has 0 aromatic heterocycles. The van der Waals surface area contributed by atoms with Gasteiger partial charge in [-0.05, 0) is 12.5 Å². The molecule has 2 rings (SSSR count). The van der Waals surface area contributed by atoms with E-state index < -0.39 is 12.0 Å². The molecule has 0 spiro atoms. The molecule has 0 unspecified atom stereocenters. The van der Waals surface area contributed by atoms with Gasteiger partial charge < -0.3 is 15.0 Å². The van der Waals surface area contributed by atoms with E-state index in [0.29, 0.717) is 18.1 Å². The largest absolute Gasteiger partial charge is 0.464 e. The molecule has 0 saturated carbocycles. The molecule has 1 atom stereocenters. The van der Waals surface area contributed by atoms with E-state index >= 15 is 0 Å². The third-order valence-corrected chi connectivity index (χ3v) is 4.29. The lowest BCUT2D eigenvalue weighted by Crippen LogP contribution is -2.47. The zero-order chi connectivity index (χ0) is 16.7. The highest BCUT2D eigenvalue weighted by molar-refractivity contribution is 8.00. The summed E-state index contributed by atoms with van der Waals surface area (Å²) in [5.41, 5.74) is 0.929. The van der Waals surface area contributed by atoms with Crippen molar-refractivity contribution in [3.63, 3.8) is 0 Å². The Morgan fingerprint density at radius 2 is 2.09 bits per heavy atom. The summed E-state index contributed by atoms with van der Waals surface area (Å²) >= 11 is 1.47. The highest BCUT2D eigenvalue weighted by atomic mass is 32.2. The number of amides is 2. The van der Waals surface area contributed by atoms with Crippen LogP contribution in [0.3, 0.4) is 0 Å². The summed E-state index contributed by atoms with van der Waals surface area (Å²) < 4.78 is 5.03. The van der Waals surface area contributed by atoms with Gasteiger partial charge in [-0.15, -0.1) is 11.8 Å². The minimum atomic E-state index is -0.754. The molecular weight excluding hydrogens is 316 g/mol. The minimum Gasteiger partial charge on any atom is -0.464 e. The summed E-state index contributed by atoms with van der Waals surface area (Å²) in [5, 5.41) is 2.68. The maximum atomic E-state index is 12.1. The molecular formula is C16H20N2O4S. The summed E-state index contributed by atoms with van der Waals surface area (Å²) in [6.45, 7) is 1.94.